The molecule has 3 nitrogen and oxygen atoms in total. The number of anilines is 1. The van der Waals surface area contributed by atoms with Crippen LogP contribution in [0.4, 0.5) is 5.69 Å². The number of benzene rings is 1. The highest BCUT2D eigenvalue weighted by Gasteiger charge is 2.62. The van der Waals surface area contributed by atoms with Crippen molar-refractivity contribution in [3.05, 3.63) is 51.6 Å². The first kappa shape index (κ1) is 23.4. The van der Waals surface area contributed by atoms with E-state index < -0.39 is 5.60 Å². The molecule has 1 aromatic carbocycles. The Labute approximate surface area is 205 Å². The van der Waals surface area contributed by atoms with Crippen LogP contribution in [-0.4, -0.2) is 30.6 Å². The molecule has 1 aromatic rings. The van der Waals surface area contributed by atoms with Crippen molar-refractivity contribution < 1.29 is 9.90 Å². The molecule has 4 aliphatic carbocycles. The number of carbonyl (C=O) groups is 1. The number of aryl methyl sites for hydroxylation is 2. The molecule has 34 heavy (non-hydrogen) atoms. The molecular formula is C31H39NO2. The van der Waals surface area contributed by atoms with Crippen LogP contribution in [0.3, 0.4) is 0 Å². The summed E-state index contributed by atoms with van der Waals surface area (Å²) < 4.78 is 0. The average molecular weight is 458 g/mol. The monoisotopic (exact) mass is 457 g/mol. The molecule has 5 rings (SSSR count). The molecule has 0 unspecified atom stereocenters. The number of nitrogens with zero attached hydrogens (tertiary/aromatic N) is 1. The van der Waals surface area contributed by atoms with Gasteiger partial charge in [-0.2, -0.15) is 0 Å². The largest absolute Gasteiger partial charge is 0.377 e. The first-order valence-electron chi connectivity index (χ1n) is 13.0. The Kier molecular flexibility index (Phi) is 5.60. The van der Waals surface area contributed by atoms with Crippen molar-refractivity contribution in [3.8, 4) is 11.8 Å². The molecule has 4 aliphatic rings. The number of allylic oxidation sites excluding steroid dienone is 4. The summed E-state index contributed by atoms with van der Waals surface area (Å²) in [6, 6.07) is 4.76. The lowest BCUT2D eigenvalue weighted by Crippen LogP contribution is -2.51. The lowest BCUT2D eigenvalue weighted by Gasteiger charge is -2.53. The van der Waals surface area contributed by atoms with Gasteiger partial charge in [0.1, 0.15) is 5.60 Å². The summed E-state index contributed by atoms with van der Waals surface area (Å²) >= 11 is 0. The summed E-state index contributed by atoms with van der Waals surface area (Å²) in [5.41, 5.74) is 8.44. The Balaban J connectivity index is 1.72. The number of hydrogen-bond acceptors (Lipinski definition) is 3. The fourth-order valence-electron chi connectivity index (χ4n) is 8.27. The zero-order valence-electron chi connectivity index (χ0n) is 21.7. The Morgan fingerprint density at radius 2 is 1.79 bits per heavy atom. The van der Waals surface area contributed by atoms with Crippen molar-refractivity contribution >= 4 is 11.5 Å². The van der Waals surface area contributed by atoms with Gasteiger partial charge in [-0.3, -0.25) is 4.79 Å². The number of fused-ring (bicyclic) bond motifs is 4. The van der Waals surface area contributed by atoms with Crippen molar-refractivity contribution in [1.29, 1.82) is 0 Å². The summed E-state index contributed by atoms with van der Waals surface area (Å²) in [6.45, 7) is 8.60. The van der Waals surface area contributed by atoms with E-state index in [1.165, 1.54) is 33.5 Å². The second kappa shape index (κ2) is 8.13. The van der Waals surface area contributed by atoms with E-state index in [1.807, 2.05) is 13.0 Å². The van der Waals surface area contributed by atoms with Crippen LogP contribution in [0.25, 0.3) is 0 Å². The minimum absolute atomic E-state index is 0.233. The fourth-order valence-corrected chi connectivity index (χ4v) is 8.27. The smallest absolute Gasteiger partial charge is 0.156 e. The summed E-state index contributed by atoms with van der Waals surface area (Å²) in [7, 11) is 4.22. The lowest BCUT2D eigenvalue weighted by molar-refractivity contribution is -0.114. The number of ketones is 1. The van der Waals surface area contributed by atoms with Crippen molar-refractivity contribution in [3.63, 3.8) is 0 Å². The third-order valence-corrected chi connectivity index (χ3v) is 9.58. The van der Waals surface area contributed by atoms with Gasteiger partial charge >= 0.3 is 0 Å². The molecule has 180 valence electrons. The van der Waals surface area contributed by atoms with Gasteiger partial charge in [0.05, 0.1) is 0 Å². The highest BCUT2D eigenvalue weighted by Crippen LogP contribution is 2.66. The number of carbonyl (C=O) groups excluding carboxylic acids is 1. The van der Waals surface area contributed by atoms with Crippen LogP contribution in [0.15, 0.2) is 34.9 Å². The molecule has 5 atom stereocenters. The van der Waals surface area contributed by atoms with Crippen molar-refractivity contribution in [1.82, 2.24) is 0 Å². The summed E-state index contributed by atoms with van der Waals surface area (Å²) in [5, 5.41) is 11.8. The van der Waals surface area contributed by atoms with E-state index in [0.717, 1.165) is 38.5 Å². The maximum atomic E-state index is 12.3. The zero-order valence-corrected chi connectivity index (χ0v) is 21.7. The predicted octanol–water partition coefficient (Wildman–Crippen LogP) is 6.02. The van der Waals surface area contributed by atoms with Crippen LogP contribution in [-0.2, 0) is 4.79 Å². The topological polar surface area (TPSA) is 40.5 Å². The maximum Gasteiger partial charge on any atom is 0.156 e. The maximum absolute atomic E-state index is 12.3. The SMILES string of the molecule is CC#C[C@]1(O)CC[C@H]2[C@@H]3CCC4=CC(=O)CCC4=C3[C@@H](c3cc(C)c(N(C)C)c(C)c3)C[C@@]21C. The van der Waals surface area contributed by atoms with Gasteiger partial charge in [-0.1, -0.05) is 30.6 Å². The molecule has 0 aromatic heterocycles. The standard InChI is InChI=1S/C31H39NO2/c1-7-13-31(34)14-12-27-25-10-8-21-17-23(33)9-11-24(21)28(25)26(18-30(27,31)4)22-15-19(2)29(32(5)6)20(3)16-22/h15-17,25-27,34H,8-12,14,18H2,1-6H3/t25-,26+,27-,30-,31-/m0/s1. The Morgan fingerprint density at radius 3 is 2.44 bits per heavy atom. The van der Waals surface area contributed by atoms with Gasteiger partial charge in [0.2, 0.25) is 0 Å². The molecular weight excluding hydrogens is 418 g/mol. The van der Waals surface area contributed by atoms with Crippen molar-refractivity contribution in [2.75, 3.05) is 19.0 Å². The first-order chi connectivity index (χ1) is 16.1. The molecule has 2 saturated carbocycles. The molecule has 0 spiro atoms. The minimum atomic E-state index is -0.923. The highest BCUT2D eigenvalue weighted by atomic mass is 16.3. The fraction of sp³-hybridized carbons (Fsp3) is 0.581. The highest BCUT2D eigenvalue weighted by molar-refractivity contribution is 5.93. The van der Waals surface area contributed by atoms with Gasteiger partial charge in [0, 0.05) is 37.5 Å². The van der Waals surface area contributed by atoms with Gasteiger partial charge in [-0.05, 0) is 105 Å². The Morgan fingerprint density at radius 1 is 1.09 bits per heavy atom. The van der Waals surface area contributed by atoms with E-state index in [4.69, 9.17) is 0 Å². The summed E-state index contributed by atoms with van der Waals surface area (Å²) in [6.07, 6.45) is 8.23. The lowest BCUT2D eigenvalue weighted by atomic mass is 9.51. The third kappa shape index (κ3) is 3.33. The molecule has 3 heteroatoms. The Bertz CT molecular complexity index is 1150. The number of hydrogen-bond donors (Lipinski definition) is 1. The van der Waals surface area contributed by atoms with E-state index in [0.29, 0.717) is 18.3 Å². The molecule has 0 heterocycles. The normalized spacial score (nSPS) is 34.5. The molecule has 0 radical (unpaired) electrons. The molecule has 0 amide bonds. The number of rotatable bonds is 2. The zero-order chi connectivity index (χ0) is 24.4. The average Bonchev–Trinajstić information content (AvgIpc) is 3.02. The van der Waals surface area contributed by atoms with Crippen LogP contribution >= 0.6 is 0 Å². The van der Waals surface area contributed by atoms with Crippen LogP contribution < -0.4 is 4.90 Å². The summed E-state index contributed by atoms with van der Waals surface area (Å²) in [4.78, 5) is 14.5. The van der Waals surface area contributed by atoms with E-state index >= 15 is 0 Å². The van der Waals surface area contributed by atoms with E-state index in [2.05, 4.69) is 63.7 Å². The van der Waals surface area contributed by atoms with Crippen LogP contribution in [0.1, 0.15) is 81.4 Å². The van der Waals surface area contributed by atoms with Gasteiger partial charge in [0.15, 0.2) is 5.78 Å². The molecule has 1 N–H and O–H groups in total. The van der Waals surface area contributed by atoms with Gasteiger partial charge in [-0.15, -0.1) is 5.92 Å². The Hall–Kier alpha value is -2.31. The number of aliphatic hydroxyl groups is 1. The second-order valence-electron chi connectivity index (χ2n) is 11.7. The summed E-state index contributed by atoms with van der Waals surface area (Å²) in [5.74, 6) is 7.77. The third-order valence-electron chi connectivity index (χ3n) is 9.58. The van der Waals surface area contributed by atoms with Crippen LogP contribution in [0.2, 0.25) is 0 Å². The first-order valence-corrected chi connectivity index (χ1v) is 13.0. The predicted molar refractivity (Wildman–Crippen MR) is 139 cm³/mol. The van der Waals surface area contributed by atoms with E-state index in [1.54, 1.807) is 5.57 Å². The van der Waals surface area contributed by atoms with Crippen LogP contribution in [0.5, 0.6) is 0 Å². The van der Waals surface area contributed by atoms with Crippen LogP contribution in [0, 0.1) is 42.9 Å². The van der Waals surface area contributed by atoms with Gasteiger partial charge in [0.25, 0.3) is 0 Å². The van der Waals surface area contributed by atoms with Gasteiger partial charge in [-0.25, -0.2) is 0 Å². The molecule has 0 saturated heterocycles. The quantitative estimate of drug-likeness (QED) is 0.552. The van der Waals surface area contributed by atoms with E-state index in [9.17, 15) is 9.90 Å². The molecule has 0 aliphatic heterocycles. The second-order valence-corrected chi connectivity index (χ2v) is 11.7. The molecule has 0 bridgehead atoms. The van der Waals surface area contributed by atoms with Gasteiger partial charge < -0.3 is 10.0 Å². The molecule has 2 fully saturated rings. The van der Waals surface area contributed by atoms with Crippen molar-refractivity contribution in [2.24, 2.45) is 17.3 Å². The van der Waals surface area contributed by atoms with Crippen molar-refractivity contribution in [2.45, 2.75) is 84.2 Å². The minimum Gasteiger partial charge on any atom is -0.377 e. The van der Waals surface area contributed by atoms with E-state index in [-0.39, 0.29) is 17.1 Å².